The fourth-order valence-electron chi connectivity index (χ4n) is 1.75. The molecule has 2 aromatic carbocycles. The maximum Gasteiger partial charge on any atom is 0.170 e. The molecule has 0 bridgehead atoms. The van der Waals surface area contributed by atoms with Gasteiger partial charge in [0.25, 0.3) is 0 Å². The van der Waals surface area contributed by atoms with E-state index in [4.69, 9.17) is 15.7 Å². The van der Waals surface area contributed by atoms with Gasteiger partial charge in [0.05, 0.1) is 0 Å². The van der Waals surface area contributed by atoms with E-state index < -0.39 is 5.82 Å². The zero-order valence-corrected chi connectivity index (χ0v) is 11.3. The molecule has 21 heavy (non-hydrogen) atoms. The Morgan fingerprint density at radius 1 is 1.19 bits per heavy atom. The topological polar surface area (TPSA) is 67.8 Å². The molecule has 0 spiro atoms. The molecule has 4 nitrogen and oxygen atoms in total. The minimum Gasteiger partial charge on any atom is -0.489 e. The van der Waals surface area contributed by atoms with Crippen molar-refractivity contribution in [2.75, 3.05) is 0 Å². The number of nitrogens with zero attached hydrogens (tertiary/aromatic N) is 1. The summed E-state index contributed by atoms with van der Waals surface area (Å²) in [6.45, 7) is 1.61. The second kappa shape index (κ2) is 6.21. The van der Waals surface area contributed by atoms with Gasteiger partial charge in [-0.15, -0.1) is 0 Å². The van der Waals surface area contributed by atoms with E-state index in [9.17, 15) is 8.78 Å². The van der Waals surface area contributed by atoms with Crippen molar-refractivity contribution in [2.45, 2.75) is 13.5 Å². The Morgan fingerprint density at radius 3 is 2.57 bits per heavy atom. The fraction of sp³-hybridized carbons (Fsp3) is 0.133. The highest BCUT2D eigenvalue weighted by atomic mass is 19.1. The smallest absolute Gasteiger partial charge is 0.170 e. The number of hydrogen-bond acceptors (Lipinski definition) is 3. The van der Waals surface area contributed by atoms with Gasteiger partial charge < -0.3 is 15.7 Å². The minimum absolute atomic E-state index is 0.00659. The van der Waals surface area contributed by atoms with E-state index in [0.717, 1.165) is 6.07 Å². The van der Waals surface area contributed by atoms with E-state index >= 15 is 0 Å². The average molecular weight is 292 g/mol. The third-order valence-corrected chi connectivity index (χ3v) is 2.98. The van der Waals surface area contributed by atoms with Crippen molar-refractivity contribution in [3.8, 4) is 5.75 Å². The first kappa shape index (κ1) is 14.8. The summed E-state index contributed by atoms with van der Waals surface area (Å²) in [6, 6.07) is 8.47. The number of oxime groups is 1. The van der Waals surface area contributed by atoms with Gasteiger partial charge in [-0.1, -0.05) is 17.3 Å². The summed E-state index contributed by atoms with van der Waals surface area (Å²) in [6.07, 6.45) is 0. The summed E-state index contributed by atoms with van der Waals surface area (Å²) in [5.41, 5.74) is 6.42. The van der Waals surface area contributed by atoms with Crippen LogP contribution in [-0.4, -0.2) is 11.0 Å². The summed E-state index contributed by atoms with van der Waals surface area (Å²) in [5.74, 6) is -0.570. The van der Waals surface area contributed by atoms with Crippen molar-refractivity contribution in [3.05, 3.63) is 64.7 Å². The number of amidine groups is 1. The van der Waals surface area contributed by atoms with E-state index in [0.29, 0.717) is 16.9 Å². The summed E-state index contributed by atoms with van der Waals surface area (Å²) in [7, 11) is 0. The summed E-state index contributed by atoms with van der Waals surface area (Å²) in [4.78, 5) is 0. The standard InChI is InChI=1S/C15H14F2N2O2/c1-9-6-12(4-5-13(9)16)21-8-11-3-2-10(7-14(11)17)15(18)19-20/h2-7,20H,8H2,1H3,(H2,18,19). The lowest BCUT2D eigenvalue weighted by atomic mass is 10.1. The molecule has 0 fully saturated rings. The largest absolute Gasteiger partial charge is 0.489 e. The van der Waals surface area contributed by atoms with Crippen LogP contribution in [-0.2, 0) is 6.61 Å². The molecule has 0 heterocycles. The quantitative estimate of drug-likeness (QED) is 0.394. The van der Waals surface area contributed by atoms with Crippen LogP contribution in [0.5, 0.6) is 5.75 Å². The summed E-state index contributed by atoms with van der Waals surface area (Å²) < 4.78 is 32.4. The van der Waals surface area contributed by atoms with Gasteiger partial charge in [-0.2, -0.15) is 0 Å². The lowest BCUT2D eigenvalue weighted by molar-refractivity contribution is 0.299. The molecule has 0 aliphatic rings. The molecule has 0 radical (unpaired) electrons. The second-order valence-electron chi connectivity index (χ2n) is 4.49. The van der Waals surface area contributed by atoms with Crippen molar-refractivity contribution < 1.29 is 18.7 Å². The molecular formula is C15H14F2N2O2. The highest BCUT2D eigenvalue weighted by Crippen LogP contribution is 2.18. The number of aryl methyl sites for hydroxylation is 1. The van der Waals surface area contributed by atoms with Gasteiger partial charge in [-0.05, 0) is 36.8 Å². The molecule has 3 N–H and O–H groups in total. The van der Waals surface area contributed by atoms with Crippen LogP contribution in [0.1, 0.15) is 16.7 Å². The van der Waals surface area contributed by atoms with Gasteiger partial charge in [0.1, 0.15) is 24.0 Å². The third-order valence-electron chi connectivity index (χ3n) is 2.98. The predicted molar refractivity (Wildman–Crippen MR) is 74.4 cm³/mol. The SMILES string of the molecule is Cc1cc(OCc2ccc(/C(N)=N/O)cc2F)ccc1F. The Labute approximate surface area is 120 Å². The van der Waals surface area contributed by atoms with E-state index in [1.54, 1.807) is 6.92 Å². The molecule has 6 heteroatoms. The van der Waals surface area contributed by atoms with Crippen LogP contribution in [0, 0.1) is 18.6 Å². The molecule has 2 aromatic rings. The summed E-state index contributed by atoms with van der Waals surface area (Å²) in [5, 5.41) is 11.3. The Bertz CT molecular complexity index is 687. The molecule has 110 valence electrons. The van der Waals surface area contributed by atoms with E-state index in [-0.39, 0.29) is 23.8 Å². The van der Waals surface area contributed by atoms with Crippen LogP contribution in [0.3, 0.4) is 0 Å². The lowest BCUT2D eigenvalue weighted by Crippen LogP contribution is -2.13. The van der Waals surface area contributed by atoms with Gasteiger partial charge in [0.15, 0.2) is 5.84 Å². The van der Waals surface area contributed by atoms with Gasteiger partial charge in [0.2, 0.25) is 0 Å². The molecule has 0 atom stereocenters. The molecule has 0 amide bonds. The molecule has 0 aliphatic carbocycles. The van der Waals surface area contributed by atoms with Gasteiger partial charge >= 0.3 is 0 Å². The first-order valence-corrected chi connectivity index (χ1v) is 6.16. The normalized spacial score (nSPS) is 11.5. The molecule has 0 saturated carbocycles. The monoisotopic (exact) mass is 292 g/mol. The highest BCUT2D eigenvalue weighted by Gasteiger charge is 2.08. The Morgan fingerprint density at radius 2 is 1.95 bits per heavy atom. The molecular weight excluding hydrogens is 278 g/mol. The molecule has 0 aliphatic heterocycles. The van der Waals surface area contributed by atoms with Crippen molar-refractivity contribution in [1.82, 2.24) is 0 Å². The summed E-state index contributed by atoms with van der Waals surface area (Å²) >= 11 is 0. The molecule has 0 aromatic heterocycles. The first-order chi connectivity index (χ1) is 10.0. The van der Waals surface area contributed by atoms with Crippen LogP contribution in [0.4, 0.5) is 8.78 Å². The van der Waals surface area contributed by atoms with E-state index in [1.807, 2.05) is 0 Å². The van der Waals surface area contributed by atoms with Crippen LogP contribution in [0.15, 0.2) is 41.6 Å². The lowest BCUT2D eigenvalue weighted by Gasteiger charge is -2.09. The van der Waals surface area contributed by atoms with Gasteiger partial charge in [-0.25, -0.2) is 8.78 Å². The zero-order chi connectivity index (χ0) is 15.4. The van der Waals surface area contributed by atoms with E-state index in [1.165, 1.54) is 30.3 Å². The van der Waals surface area contributed by atoms with Crippen molar-refractivity contribution in [1.29, 1.82) is 0 Å². The highest BCUT2D eigenvalue weighted by molar-refractivity contribution is 5.97. The number of ether oxygens (including phenoxy) is 1. The van der Waals surface area contributed by atoms with Crippen LogP contribution >= 0.6 is 0 Å². The number of benzene rings is 2. The Balaban J connectivity index is 2.11. The van der Waals surface area contributed by atoms with E-state index in [2.05, 4.69) is 5.16 Å². The molecule has 0 saturated heterocycles. The predicted octanol–water partition coefficient (Wildman–Crippen LogP) is 2.95. The maximum absolute atomic E-state index is 13.9. The molecule has 0 unspecified atom stereocenters. The van der Waals surface area contributed by atoms with Crippen molar-refractivity contribution in [2.24, 2.45) is 10.9 Å². The fourth-order valence-corrected chi connectivity index (χ4v) is 1.75. The number of rotatable bonds is 4. The Kier molecular flexibility index (Phi) is 4.37. The van der Waals surface area contributed by atoms with Crippen LogP contribution < -0.4 is 10.5 Å². The van der Waals surface area contributed by atoms with Crippen molar-refractivity contribution >= 4 is 5.84 Å². The first-order valence-electron chi connectivity index (χ1n) is 6.16. The third kappa shape index (κ3) is 3.47. The Hall–Kier alpha value is -2.63. The number of hydrogen-bond donors (Lipinski definition) is 2. The molecule has 2 rings (SSSR count). The van der Waals surface area contributed by atoms with Gasteiger partial charge in [0, 0.05) is 11.1 Å². The average Bonchev–Trinajstić information content (AvgIpc) is 2.48. The maximum atomic E-state index is 13.9. The van der Waals surface area contributed by atoms with Crippen LogP contribution in [0.25, 0.3) is 0 Å². The minimum atomic E-state index is -0.530. The van der Waals surface area contributed by atoms with Crippen LogP contribution in [0.2, 0.25) is 0 Å². The number of nitrogens with two attached hydrogens (primary N) is 1. The second-order valence-corrected chi connectivity index (χ2v) is 4.49. The zero-order valence-electron chi connectivity index (χ0n) is 11.3. The van der Waals surface area contributed by atoms with Gasteiger partial charge in [-0.3, -0.25) is 0 Å². The number of halogens is 2. The van der Waals surface area contributed by atoms with Crippen molar-refractivity contribution in [3.63, 3.8) is 0 Å².